The molecule has 2 amide bonds. The summed E-state index contributed by atoms with van der Waals surface area (Å²) >= 11 is 5.82. The van der Waals surface area contributed by atoms with Gasteiger partial charge < -0.3 is 4.90 Å². The predicted molar refractivity (Wildman–Crippen MR) is 98.8 cm³/mol. The number of carbonyl (C=O) groups excluding carboxylic acids is 2. The van der Waals surface area contributed by atoms with Gasteiger partial charge in [0.2, 0.25) is 11.8 Å². The third-order valence-corrected chi connectivity index (χ3v) is 4.35. The van der Waals surface area contributed by atoms with E-state index in [0.29, 0.717) is 11.6 Å². The molecule has 1 aliphatic rings. The number of hydrazone groups is 1. The first-order valence-corrected chi connectivity index (χ1v) is 8.36. The second-order valence-corrected chi connectivity index (χ2v) is 6.46. The number of benzene rings is 2. The number of aryl methyl sites for hydroxylation is 1. The molecule has 0 aliphatic carbocycles. The summed E-state index contributed by atoms with van der Waals surface area (Å²) in [6.45, 7) is 2.36. The topological polar surface area (TPSA) is 61.8 Å². The standard InChI is InChI=1S/C19H18ClN3O2/c1-13-2-8-17(9-3-13)23-12-15(10-18(23)24)19(25)22-21-11-14-4-6-16(20)7-5-14/h2-9,11,15H,10,12H2,1H3,(H,22,25)/b21-11-/t15-/m0/s1. The minimum absolute atomic E-state index is 0.0503. The van der Waals surface area contributed by atoms with Gasteiger partial charge in [-0.2, -0.15) is 5.10 Å². The van der Waals surface area contributed by atoms with Crippen LogP contribution in [0.1, 0.15) is 17.5 Å². The number of nitrogens with one attached hydrogen (secondary N) is 1. The van der Waals surface area contributed by atoms with Gasteiger partial charge in [-0.05, 0) is 36.8 Å². The number of nitrogens with zero attached hydrogens (tertiary/aromatic N) is 2. The van der Waals surface area contributed by atoms with Crippen LogP contribution in [0.4, 0.5) is 5.69 Å². The van der Waals surface area contributed by atoms with E-state index in [0.717, 1.165) is 16.8 Å². The molecule has 1 N–H and O–H groups in total. The first-order valence-electron chi connectivity index (χ1n) is 7.98. The molecule has 0 aromatic heterocycles. The van der Waals surface area contributed by atoms with Crippen molar-refractivity contribution >= 4 is 35.3 Å². The third-order valence-electron chi connectivity index (χ3n) is 4.10. The molecule has 1 heterocycles. The van der Waals surface area contributed by atoms with E-state index in [4.69, 9.17) is 11.6 Å². The average molecular weight is 356 g/mol. The lowest BCUT2D eigenvalue weighted by atomic mass is 10.1. The van der Waals surface area contributed by atoms with Gasteiger partial charge in [-0.1, -0.05) is 41.4 Å². The first-order chi connectivity index (χ1) is 12.0. The van der Waals surface area contributed by atoms with Crippen molar-refractivity contribution in [3.05, 3.63) is 64.7 Å². The average Bonchev–Trinajstić information content (AvgIpc) is 2.99. The van der Waals surface area contributed by atoms with Crippen molar-refractivity contribution in [3.8, 4) is 0 Å². The van der Waals surface area contributed by atoms with Crippen LogP contribution in [0.5, 0.6) is 0 Å². The van der Waals surface area contributed by atoms with Crippen LogP contribution in [-0.4, -0.2) is 24.6 Å². The Labute approximate surface area is 151 Å². The van der Waals surface area contributed by atoms with E-state index in [-0.39, 0.29) is 18.2 Å². The Hall–Kier alpha value is -2.66. The molecule has 6 heteroatoms. The molecule has 1 saturated heterocycles. The lowest BCUT2D eigenvalue weighted by Gasteiger charge is -2.16. The van der Waals surface area contributed by atoms with Gasteiger partial charge in [-0.25, -0.2) is 5.43 Å². The van der Waals surface area contributed by atoms with E-state index < -0.39 is 5.92 Å². The molecule has 1 fully saturated rings. The largest absolute Gasteiger partial charge is 0.312 e. The summed E-state index contributed by atoms with van der Waals surface area (Å²) in [6.07, 6.45) is 1.74. The Bertz CT molecular complexity index is 800. The van der Waals surface area contributed by atoms with E-state index in [1.165, 1.54) is 0 Å². The Morgan fingerprint density at radius 2 is 1.88 bits per heavy atom. The summed E-state index contributed by atoms with van der Waals surface area (Å²) in [4.78, 5) is 26.1. The Morgan fingerprint density at radius 1 is 1.20 bits per heavy atom. The van der Waals surface area contributed by atoms with Crippen molar-refractivity contribution in [3.63, 3.8) is 0 Å². The number of anilines is 1. The lowest BCUT2D eigenvalue weighted by molar-refractivity contribution is -0.126. The Balaban J connectivity index is 1.59. The van der Waals surface area contributed by atoms with Crippen LogP contribution in [0, 0.1) is 12.8 Å². The molecular formula is C19H18ClN3O2. The van der Waals surface area contributed by atoms with E-state index in [2.05, 4.69) is 10.5 Å². The van der Waals surface area contributed by atoms with E-state index in [1.807, 2.05) is 31.2 Å². The van der Waals surface area contributed by atoms with Gasteiger partial charge in [-0.15, -0.1) is 0 Å². The van der Waals surface area contributed by atoms with Crippen LogP contribution in [0.3, 0.4) is 0 Å². The van der Waals surface area contributed by atoms with Crippen molar-refractivity contribution in [2.75, 3.05) is 11.4 Å². The number of hydrogen-bond donors (Lipinski definition) is 1. The van der Waals surface area contributed by atoms with Crippen LogP contribution in [0.2, 0.25) is 5.02 Å². The van der Waals surface area contributed by atoms with Crippen molar-refractivity contribution in [1.29, 1.82) is 0 Å². The second-order valence-electron chi connectivity index (χ2n) is 6.03. The molecule has 0 saturated carbocycles. The van der Waals surface area contributed by atoms with Crippen LogP contribution in [0.15, 0.2) is 53.6 Å². The monoisotopic (exact) mass is 355 g/mol. The van der Waals surface area contributed by atoms with Gasteiger partial charge in [-0.3, -0.25) is 9.59 Å². The van der Waals surface area contributed by atoms with Crippen molar-refractivity contribution in [2.45, 2.75) is 13.3 Å². The molecule has 1 atom stereocenters. The quantitative estimate of drug-likeness (QED) is 0.676. The zero-order chi connectivity index (χ0) is 17.8. The fourth-order valence-electron chi connectivity index (χ4n) is 2.67. The summed E-state index contributed by atoms with van der Waals surface area (Å²) in [5, 5.41) is 4.59. The molecule has 25 heavy (non-hydrogen) atoms. The third kappa shape index (κ3) is 4.25. The maximum atomic E-state index is 12.2. The summed E-state index contributed by atoms with van der Waals surface area (Å²) < 4.78 is 0. The number of halogens is 1. The van der Waals surface area contributed by atoms with Crippen molar-refractivity contribution in [1.82, 2.24) is 5.43 Å². The second kappa shape index (κ2) is 7.49. The van der Waals surface area contributed by atoms with Gasteiger partial charge in [0, 0.05) is 23.7 Å². The summed E-state index contributed by atoms with van der Waals surface area (Å²) in [7, 11) is 0. The molecule has 5 nitrogen and oxygen atoms in total. The molecule has 0 spiro atoms. The minimum Gasteiger partial charge on any atom is -0.312 e. The smallest absolute Gasteiger partial charge is 0.245 e. The van der Waals surface area contributed by atoms with Gasteiger partial charge in [0.05, 0.1) is 12.1 Å². The van der Waals surface area contributed by atoms with E-state index >= 15 is 0 Å². The number of rotatable bonds is 4. The Kier molecular flexibility index (Phi) is 5.14. The molecule has 2 aromatic carbocycles. The molecule has 2 aromatic rings. The molecule has 0 bridgehead atoms. The predicted octanol–water partition coefficient (Wildman–Crippen LogP) is 3.15. The Morgan fingerprint density at radius 3 is 2.56 bits per heavy atom. The van der Waals surface area contributed by atoms with Crippen LogP contribution >= 0.6 is 11.6 Å². The van der Waals surface area contributed by atoms with E-state index in [1.54, 1.807) is 35.4 Å². The lowest BCUT2D eigenvalue weighted by Crippen LogP contribution is -2.30. The van der Waals surface area contributed by atoms with Gasteiger partial charge in [0.1, 0.15) is 0 Å². The molecule has 0 radical (unpaired) electrons. The summed E-state index contributed by atoms with van der Waals surface area (Å²) in [6, 6.07) is 14.8. The molecular weight excluding hydrogens is 338 g/mol. The fraction of sp³-hybridized carbons (Fsp3) is 0.211. The maximum Gasteiger partial charge on any atom is 0.245 e. The number of hydrogen-bond acceptors (Lipinski definition) is 3. The highest BCUT2D eigenvalue weighted by molar-refractivity contribution is 6.30. The van der Waals surface area contributed by atoms with Crippen LogP contribution in [-0.2, 0) is 9.59 Å². The number of amides is 2. The zero-order valence-electron chi connectivity index (χ0n) is 13.8. The SMILES string of the molecule is Cc1ccc(N2C[C@@H](C(=O)N/N=C\c3ccc(Cl)cc3)CC2=O)cc1. The fourth-order valence-corrected chi connectivity index (χ4v) is 2.79. The van der Waals surface area contributed by atoms with Gasteiger partial charge >= 0.3 is 0 Å². The van der Waals surface area contributed by atoms with Gasteiger partial charge in [0.15, 0.2) is 0 Å². The maximum absolute atomic E-state index is 12.2. The normalized spacial score (nSPS) is 17.3. The van der Waals surface area contributed by atoms with Crippen molar-refractivity contribution < 1.29 is 9.59 Å². The summed E-state index contributed by atoms with van der Waals surface area (Å²) in [5.41, 5.74) is 5.28. The molecule has 1 aliphatic heterocycles. The highest BCUT2D eigenvalue weighted by atomic mass is 35.5. The highest BCUT2D eigenvalue weighted by Crippen LogP contribution is 2.25. The molecule has 0 unspecified atom stereocenters. The molecule has 3 rings (SSSR count). The first kappa shape index (κ1) is 17.2. The zero-order valence-corrected chi connectivity index (χ0v) is 14.5. The molecule has 128 valence electrons. The van der Waals surface area contributed by atoms with E-state index in [9.17, 15) is 9.59 Å². The van der Waals surface area contributed by atoms with Gasteiger partial charge in [0.25, 0.3) is 0 Å². The number of carbonyl (C=O) groups is 2. The highest BCUT2D eigenvalue weighted by Gasteiger charge is 2.35. The van der Waals surface area contributed by atoms with Crippen molar-refractivity contribution in [2.24, 2.45) is 11.0 Å². The summed E-state index contributed by atoms with van der Waals surface area (Å²) in [5.74, 6) is -0.713. The van der Waals surface area contributed by atoms with Crippen LogP contribution < -0.4 is 10.3 Å². The van der Waals surface area contributed by atoms with Crippen LogP contribution in [0.25, 0.3) is 0 Å². The minimum atomic E-state index is -0.406.